The number of unbranched alkanes of at least 4 members (excludes halogenated alkanes) is 26. The van der Waals surface area contributed by atoms with Crippen LogP contribution in [-0.2, 0) is 28.6 Å². The number of ether oxygens (including phenoxy) is 3. The van der Waals surface area contributed by atoms with Gasteiger partial charge in [0.15, 0.2) is 6.10 Å². The zero-order chi connectivity index (χ0) is 53.6. The van der Waals surface area contributed by atoms with Crippen molar-refractivity contribution in [2.45, 2.75) is 290 Å². The molecule has 0 bridgehead atoms. The van der Waals surface area contributed by atoms with Crippen LogP contribution in [0.2, 0.25) is 0 Å². The topological polar surface area (TPSA) is 78.9 Å². The highest BCUT2D eigenvalue weighted by Crippen LogP contribution is 2.16. The van der Waals surface area contributed by atoms with Gasteiger partial charge in [-0.2, -0.15) is 0 Å². The Morgan fingerprint density at radius 2 is 0.527 bits per heavy atom. The average molecular weight is 1030 g/mol. The molecule has 0 aliphatic carbocycles. The maximum Gasteiger partial charge on any atom is 0.306 e. The van der Waals surface area contributed by atoms with Crippen molar-refractivity contribution in [1.29, 1.82) is 0 Å². The Balaban J connectivity index is 4.20. The Morgan fingerprint density at radius 1 is 0.284 bits per heavy atom. The van der Waals surface area contributed by atoms with E-state index in [2.05, 4.69) is 130 Å². The van der Waals surface area contributed by atoms with Crippen LogP contribution in [0.5, 0.6) is 0 Å². The van der Waals surface area contributed by atoms with Gasteiger partial charge in [-0.3, -0.25) is 14.4 Å². The van der Waals surface area contributed by atoms with Crippen molar-refractivity contribution in [2.75, 3.05) is 13.2 Å². The summed E-state index contributed by atoms with van der Waals surface area (Å²) in [5, 5.41) is 0. The van der Waals surface area contributed by atoms with Crippen molar-refractivity contribution in [2.24, 2.45) is 0 Å². The molecule has 0 radical (unpaired) electrons. The van der Waals surface area contributed by atoms with Gasteiger partial charge in [-0.1, -0.05) is 284 Å². The number of esters is 3. The van der Waals surface area contributed by atoms with Gasteiger partial charge in [0.2, 0.25) is 0 Å². The molecule has 1 unspecified atom stereocenters. The molecular formula is C68H114O6. The lowest BCUT2D eigenvalue weighted by Gasteiger charge is -2.18. The lowest BCUT2D eigenvalue weighted by Crippen LogP contribution is -2.30. The van der Waals surface area contributed by atoms with Crippen LogP contribution in [0.25, 0.3) is 0 Å². The molecule has 0 saturated heterocycles. The Bertz CT molecular complexity index is 1510. The first-order valence-electron chi connectivity index (χ1n) is 30.9. The molecule has 0 aliphatic rings. The third-order valence-electron chi connectivity index (χ3n) is 13.0. The molecule has 0 aromatic carbocycles. The molecule has 1 atom stereocenters. The second kappa shape index (κ2) is 61.6. The minimum absolute atomic E-state index is 0.0812. The van der Waals surface area contributed by atoms with Crippen molar-refractivity contribution >= 4 is 17.9 Å². The Labute approximate surface area is 457 Å². The summed E-state index contributed by atoms with van der Waals surface area (Å²) < 4.78 is 16.8. The number of rotatable bonds is 55. The van der Waals surface area contributed by atoms with Gasteiger partial charge >= 0.3 is 17.9 Å². The molecule has 74 heavy (non-hydrogen) atoms. The largest absolute Gasteiger partial charge is 0.462 e. The summed E-state index contributed by atoms with van der Waals surface area (Å²) in [5.41, 5.74) is 0. The van der Waals surface area contributed by atoms with E-state index < -0.39 is 6.10 Å². The molecule has 422 valence electrons. The minimum Gasteiger partial charge on any atom is -0.462 e. The van der Waals surface area contributed by atoms with Crippen molar-refractivity contribution in [3.8, 4) is 0 Å². The normalized spacial score (nSPS) is 12.9. The fraction of sp³-hybridized carbons (Fsp3) is 0.691. The molecule has 0 rings (SSSR count). The van der Waals surface area contributed by atoms with Crippen molar-refractivity contribution < 1.29 is 28.6 Å². The van der Waals surface area contributed by atoms with Crippen LogP contribution >= 0.6 is 0 Å². The van der Waals surface area contributed by atoms with Gasteiger partial charge in [-0.25, -0.2) is 0 Å². The highest BCUT2D eigenvalue weighted by atomic mass is 16.6. The molecule has 0 saturated carbocycles. The summed E-state index contributed by atoms with van der Waals surface area (Å²) in [6.07, 6.45) is 83.9. The van der Waals surface area contributed by atoms with Gasteiger partial charge in [0.05, 0.1) is 0 Å². The fourth-order valence-electron chi connectivity index (χ4n) is 8.44. The van der Waals surface area contributed by atoms with Crippen LogP contribution in [0, 0.1) is 0 Å². The summed E-state index contributed by atoms with van der Waals surface area (Å²) in [6, 6.07) is 0. The molecule has 0 fully saturated rings. The highest BCUT2D eigenvalue weighted by molar-refractivity contribution is 5.71. The molecule has 6 nitrogen and oxygen atoms in total. The van der Waals surface area contributed by atoms with E-state index in [1.807, 2.05) is 0 Å². The summed E-state index contributed by atoms with van der Waals surface area (Å²) in [4.78, 5) is 38.0. The van der Waals surface area contributed by atoms with Gasteiger partial charge in [0, 0.05) is 19.3 Å². The predicted octanol–water partition coefficient (Wildman–Crippen LogP) is 21.0. The zero-order valence-corrected chi connectivity index (χ0v) is 48.3. The Hall–Kier alpha value is -3.93. The number of hydrogen-bond acceptors (Lipinski definition) is 6. The minimum atomic E-state index is -0.782. The van der Waals surface area contributed by atoms with Crippen LogP contribution in [0.1, 0.15) is 284 Å². The molecule has 0 spiro atoms. The number of carbonyl (C=O) groups excluding carboxylic acids is 3. The van der Waals surface area contributed by atoms with E-state index in [0.717, 1.165) is 135 Å². The fourth-order valence-corrected chi connectivity index (χ4v) is 8.44. The number of allylic oxidation sites excluding steroid dienone is 18. The Kier molecular flexibility index (Phi) is 58.3. The second-order valence-corrected chi connectivity index (χ2v) is 20.2. The SMILES string of the molecule is CC/C=C\C/C=C\C/C=C\C/C=C\C/C=C\C/C=C\C/C=C\C/C=C\C/C=C\CCCCCCCC(=O)OCC(COC(=O)CCCCCCCCCC)OC(=O)CCCCCCCCCCCCCCCCC. The van der Waals surface area contributed by atoms with Crippen LogP contribution in [0.15, 0.2) is 109 Å². The van der Waals surface area contributed by atoms with Crippen LogP contribution in [-0.4, -0.2) is 37.2 Å². The lowest BCUT2D eigenvalue weighted by molar-refractivity contribution is -0.167. The summed E-state index contributed by atoms with van der Waals surface area (Å²) in [6.45, 7) is 6.49. The summed E-state index contributed by atoms with van der Waals surface area (Å²) >= 11 is 0. The van der Waals surface area contributed by atoms with Crippen molar-refractivity contribution in [3.63, 3.8) is 0 Å². The lowest BCUT2D eigenvalue weighted by atomic mass is 10.0. The van der Waals surface area contributed by atoms with Crippen LogP contribution in [0.4, 0.5) is 0 Å². The quantitative estimate of drug-likeness (QED) is 0.0261. The first-order valence-corrected chi connectivity index (χ1v) is 30.9. The first kappa shape index (κ1) is 70.1. The third-order valence-corrected chi connectivity index (χ3v) is 13.0. The van der Waals surface area contributed by atoms with Crippen molar-refractivity contribution in [1.82, 2.24) is 0 Å². The predicted molar refractivity (Wildman–Crippen MR) is 320 cm³/mol. The van der Waals surface area contributed by atoms with Gasteiger partial charge in [-0.15, -0.1) is 0 Å². The van der Waals surface area contributed by atoms with E-state index in [4.69, 9.17) is 14.2 Å². The van der Waals surface area contributed by atoms with E-state index in [-0.39, 0.29) is 31.1 Å². The average Bonchev–Trinajstić information content (AvgIpc) is 3.40. The van der Waals surface area contributed by atoms with E-state index in [9.17, 15) is 14.4 Å². The summed E-state index contributed by atoms with van der Waals surface area (Å²) in [5.74, 6) is -0.900. The molecule has 0 N–H and O–H groups in total. The second-order valence-electron chi connectivity index (χ2n) is 20.2. The standard InChI is InChI=1S/C68H114O6/c1-4-7-10-13-16-19-21-23-25-26-27-28-29-30-31-32-33-34-35-36-37-38-39-40-41-42-44-45-47-49-52-55-58-61-67(70)73-64-65(63-72-66(69)60-57-54-51-18-15-12-9-6-3)74-68(71)62-59-56-53-50-48-46-43-24-22-20-17-14-11-8-5-2/h7,10,16,19,23,25,27-28,30-31,33-34,36-37,39-40,42,44,65H,4-6,8-9,11-15,17-18,20-22,24,26,29,32,35,38,41,43,45-64H2,1-3H3/b10-7-,19-16-,25-23-,28-27-,31-30-,34-33-,37-36-,40-39-,44-42-. The van der Waals surface area contributed by atoms with Gasteiger partial charge in [0.25, 0.3) is 0 Å². The molecule has 0 aromatic rings. The van der Waals surface area contributed by atoms with Crippen LogP contribution in [0.3, 0.4) is 0 Å². The van der Waals surface area contributed by atoms with Gasteiger partial charge in [0.1, 0.15) is 13.2 Å². The molecule has 0 aliphatic heterocycles. The zero-order valence-electron chi connectivity index (χ0n) is 48.3. The smallest absolute Gasteiger partial charge is 0.306 e. The highest BCUT2D eigenvalue weighted by Gasteiger charge is 2.19. The number of hydrogen-bond donors (Lipinski definition) is 0. The Morgan fingerprint density at radius 3 is 0.824 bits per heavy atom. The molecular weight excluding hydrogens is 913 g/mol. The molecule has 6 heteroatoms. The van der Waals surface area contributed by atoms with Crippen LogP contribution < -0.4 is 0 Å². The van der Waals surface area contributed by atoms with E-state index >= 15 is 0 Å². The first-order chi connectivity index (χ1) is 36.5. The maximum absolute atomic E-state index is 12.8. The molecule has 0 aromatic heterocycles. The monoisotopic (exact) mass is 1030 g/mol. The third kappa shape index (κ3) is 59.0. The van der Waals surface area contributed by atoms with E-state index in [1.165, 1.54) is 109 Å². The van der Waals surface area contributed by atoms with Gasteiger partial charge < -0.3 is 14.2 Å². The molecule has 0 amide bonds. The van der Waals surface area contributed by atoms with Crippen molar-refractivity contribution in [3.05, 3.63) is 109 Å². The van der Waals surface area contributed by atoms with E-state index in [1.54, 1.807) is 0 Å². The van der Waals surface area contributed by atoms with Gasteiger partial charge in [-0.05, 0) is 89.9 Å². The van der Waals surface area contributed by atoms with E-state index in [0.29, 0.717) is 19.3 Å². The molecule has 0 heterocycles. The maximum atomic E-state index is 12.8. The number of carbonyl (C=O) groups is 3. The summed E-state index contributed by atoms with van der Waals surface area (Å²) in [7, 11) is 0.